The molecule has 21 heavy (non-hydrogen) atoms. The van der Waals surface area contributed by atoms with Gasteiger partial charge in [-0.1, -0.05) is 11.2 Å². The van der Waals surface area contributed by atoms with Crippen LogP contribution >= 0.6 is 11.8 Å². The second-order valence-electron chi connectivity index (χ2n) is 5.56. The molecule has 2 aromatic rings. The summed E-state index contributed by atoms with van der Waals surface area (Å²) in [6.07, 6.45) is 2.50. The van der Waals surface area contributed by atoms with Crippen LogP contribution in [-0.2, 0) is 0 Å². The molecule has 2 heterocycles. The monoisotopic (exact) mass is 303 g/mol. The van der Waals surface area contributed by atoms with Crippen LogP contribution < -0.4 is 11.1 Å². The summed E-state index contributed by atoms with van der Waals surface area (Å²) in [7, 11) is 0. The SMILES string of the molecule is Cc1noc(C)c1-c1ccc(NC2CCCSC2)c(N)c1. The molecular weight excluding hydrogens is 282 g/mol. The highest BCUT2D eigenvalue weighted by atomic mass is 32.2. The Morgan fingerprint density at radius 2 is 2.24 bits per heavy atom. The molecule has 1 saturated heterocycles. The van der Waals surface area contributed by atoms with Crippen LogP contribution in [0.3, 0.4) is 0 Å². The summed E-state index contributed by atoms with van der Waals surface area (Å²) < 4.78 is 5.23. The maximum absolute atomic E-state index is 6.22. The van der Waals surface area contributed by atoms with E-state index in [9.17, 15) is 0 Å². The molecule has 0 saturated carbocycles. The Kier molecular flexibility index (Phi) is 4.10. The Morgan fingerprint density at radius 1 is 1.38 bits per heavy atom. The fourth-order valence-electron chi connectivity index (χ4n) is 2.82. The van der Waals surface area contributed by atoms with Crippen LogP contribution in [0.2, 0.25) is 0 Å². The number of aromatic nitrogens is 1. The molecule has 1 unspecified atom stereocenters. The minimum Gasteiger partial charge on any atom is -0.397 e. The van der Waals surface area contributed by atoms with Crippen LogP contribution in [0.4, 0.5) is 11.4 Å². The maximum Gasteiger partial charge on any atom is 0.141 e. The molecule has 1 aliphatic rings. The number of nitrogens with one attached hydrogen (secondary N) is 1. The second-order valence-corrected chi connectivity index (χ2v) is 6.71. The molecule has 1 aromatic carbocycles. The van der Waals surface area contributed by atoms with E-state index < -0.39 is 0 Å². The van der Waals surface area contributed by atoms with Gasteiger partial charge in [-0.15, -0.1) is 0 Å². The van der Waals surface area contributed by atoms with E-state index in [0.29, 0.717) is 6.04 Å². The molecule has 1 fully saturated rings. The van der Waals surface area contributed by atoms with Crippen molar-refractivity contribution in [1.82, 2.24) is 5.16 Å². The van der Waals surface area contributed by atoms with E-state index in [1.165, 1.54) is 18.6 Å². The van der Waals surface area contributed by atoms with Gasteiger partial charge in [-0.05, 0) is 50.1 Å². The zero-order chi connectivity index (χ0) is 14.8. The fraction of sp³-hybridized carbons (Fsp3) is 0.438. The zero-order valence-corrected chi connectivity index (χ0v) is 13.3. The van der Waals surface area contributed by atoms with Gasteiger partial charge in [-0.25, -0.2) is 0 Å². The van der Waals surface area contributed by atoms with Crippen molar-refractivity contribution in [2.75, 3.05) is 22.6 Å². The van der Waals surface area contributed by atoms with Gasteiger partial charge in [0.1, 0.15) is 5.76 Å². The number of anilines is 2. The third kappa shape index (κ3) is 3.02. The average molecular weight is 303 g/mol. The summed E-state index contributed by atoms with van der Waals surface area (Å²) in [6, 6.07) is 6.68. The van der Waals surface area contributed by atoms with Crippen LogP contribution in [0, 0.1) is 13.8 Å². The van der Waals surface area contributed by atoms with E-state index in [2.05, 4.69) is 22.6 Å². The molecule has 1 aliphatic heterocycles. The quantitative estimate of drug-likeness (QED) is 0.843. The molecule has 4 nitrogen and oxygen atoms in total. The minimum atomic E-state index is 0.524. The molecule has 3 rings (SSSR count). The number of thioether (sulfide) groups is 1. The van der Waals surface area contributed by atoms with Crippen LogP contribution in [0.1, 0.15) is 24.3 Å². The number of rotatable bonds is 3. The van der Waals surface area contributed by atoms with Crippen molar-refractivity contribution in [3.8, 4) is 11.1 Å². The number of hydrogen-bond donors (Lipinski definition) is 2. The van der Waals surface area contributed by atoms with Crippen molar-refractivity contribution in [2.45, 2.75) is 32.7 Å². The van der Waals surface area contributed by atoms with Gasteiger partial charge in [-0.3, -0.25) is 0 Å². The summed E-state index contributed by atoms with van der Waals surface area (Å²) in [5.74, 6) is 3.26. The molecule has 112 valence electrons. The van der Waals surface area contributed by atoms with E-state index in [-0.39, 0.29) is 0 Å². The topological polar surface area (TPSA) is 64.1 Å². The first-order chi connectivity index (χ1) is 10.1. The van der Waals surface area contributed by atoms with Crippen molar-refractivity contribution >= 4 is 23.1 Å². The number of nitrogens with zero attached hydrogens (tertiary/aromatic N) is 1. The molecule has 5 heteroatoms. The van der Waals surface area contributed by atoms with Gasteiger partial charge < -0.3 is 15.6 Å². The number of nitrogens with two attached hydrogens (primary N) is 1. The van der Waals surface area contributed by atoms with Gasteiger partial charge in [0.05, 0.1) is 17.1 Å². The van der Waals surface area contributed by atoms with Crippen LogP contribution in [0.25, 0.3) is 11.1 Å². The fourth-order valence-corrected chi connectivity index (χ4v) is 3.89. The highest BCUT2D eigenvalue weighted by Gasteiger charge is 2.16. The highest BCUT2D eigenvalue weighted by Crippen LogP contribution is 2.32. The second kappa shape index (κ2) is 6.02. The number of benzene rings is 1. The molecule has 1 aromatic heterocycles. The third-order valence-corrected chi connectivity index (χ3v) is 5.11. The van der Waals surface area contributed by atoms with E-state index >= 15 is 0 Å². The van der Waals surface area contributed by atoms with Crippen molar-refractivity contribution in [1.29, 1.82) is 0 Å². The van der Waals surface area contributed by atoms with Gasteiger partial charge in [0, 0.05) is 17.4 Å². The van der Waals surface area contributed by atoms with Gasteiger partial charge in [-0.2, -0.15) is 11.8 Å². The lowest BCUT2D eigenvalue weighted by molar-refractivity contribution is 0.393. The van der Waals surface area contributed by atoms with Crippen molar-refractivity contribution in [3.63, 3.8) is 0 Å². The van der Waals surface area contributed by atoms with Crippen LogP contribution in [0.15, 0.2) is 22.7 Å². The Labute approximate surface area is 129 Å². The van der Waals surface area contributed by atoms with Crippen molar-refractivity contribution in [3.05, 3.63) is 29.7 Å². The lowest BCUT2D eigenvalue weighted by Crippen LogP contribution is -2.26. The van der Waals surface area contributed by atoms with Crippen LogP contribution in [0.5, 0.6) is 0 Å². The van der Waals surface area contributed by atoms with E-state index in [1.807, 2.05) is 31.7 Å². The first-order valence-corrected chi connectivity index (χ1v) is 8.47. The molecule has 0 radical (unpaired) electrons. The smallest absolute Gasteiger partial charge is 0.141 e. The Bertz CT molecular complexity index is 613. The standard InChI is InChI=1S/C16H21N3OS/c1-10-16(11(2)20-19-10)12-5-6-15(14(17)8-12)18-13-4-3-7-21-9-13/h5-6,8,13,18H,3-4,7,9,17H2,1-2H3. The first kappa shape index (κ1) is 14.3. The third-order valence-electron chi connectivity index (χ3n) is 3.89. The van der Waals surface area contributed by atoms with E-state index in [4.69, 9.17) is 10.3 Å². The number of nitrogen functional groups attached to an aromatic ring is 1. The van der Waals surface area contributed by atoms with Crippen molar-refractivity contribution < 1.29 is 4.52 Å². The van der Waals surface area contributed by atoms with Gasteiger partial charge in [0.15, 0.2) is 0 Å². The molecule has 0 aliphatic carbocycles. The lowest BCUT2D eigenvalue weighted by atomic mass is 10.0. The van der Waals surface area contributed by atoms with Gasteiger partial charge >= 0.3 is 0 Å². The summed E-state index contributed by atoms with van der Waals surface area (Å²) in [5.41, 5.74) is 11.0. The van der Waals surface area contributed by atoms with Gasteiger partial charge in [0.25, 0.3) is 0 Å². The summed E-state index contributed by atoms with van der Waals surface area (Å²) in [5, 5.41) is 7.57. The minimum absolute atomic E-state index is 0.524. The predicted octanol–water partition coefficient (Wildman–Crippen LogP) is 3.85. The van der Waals surface area contributed by atoms with Gasteiger partial charge in [0.2, 0.25) is 0 Å². The highest BCUT2D eigenvalue weighted by molar-refractivity contribution is 7.99. The number of hydrogen-bond acceptors (Lipinski definition) is 5. The predicted molar refractivity (Wildman–Crippen MR) is 89.8 cm³/mol. The van der Waals surface area contributed by atoms with Crippen LogP contribution in [-0.4, -0.2) is 22.7 Å². The molecule has 1 atom stereocenters. The normalized spacial score (nSPS) is 18.7. The molecule has 3 N–H and O–H groups in total. The Morgan fingerprint density at radius 3 is 2.86 bits per heavy atom. The number of aryl methyl sites for hydroxylation is 2. The molecule has 0 spiro atoms. The summed E-state index contributed by atoms with van der Waals surface area (Å²) in [6.45, 7) is 3.88. The summed E-state index contributed by atoms with van der Waals surface area (Å²) >= 11 is 2.01. The molecular formula is C16H21N3OS. The Balaban J connectivity index is 1.82. The van der Waals surface area contributed by atoms with E-state index in [1.54, 1.807) is 0 Å². The lowest BCUT2D eigenvalue weighted by Gasteiger charge is -2.24. The first-order valence-electron chi connectivity index (χ1n) is 7.32. The maximum atomic E-state index is 6.22. The summed E-state index contributed by atoms with van der Waals surface area (Å²) in [4.78, 5) is 0. The molecule has 0 amide bonds. The average Bonchev–Trinajstić information content (AvgIpc) is 2.82. The molecule has 0 bridgehead atoms. The van der Waals surface area contributed by atoms with Crippen molar-refractivity contribution in [2.24, 2.45) is 0 Å². The Hall–Kier alpha value is -1.62. The zero-order valence-electron chi connectivity index (χ0n) is 12.5. The largest absolute Gasteiger partial charge is 0.397 e. The van der Waals surface area contributed by atoms with E-state index in [0.717, 1.165) is 39.7 Å².